The highest BCUT2D eigenvalue weighted by atomic mass is 15.1. The van der Waals surface area contributed by atoms with Crippen molar-refractivity contribution in [3.8, 4) is 72.4 Å². The Kier molecular flexibility index (Phi) is 3.86. The highest BCUT2D eigenvalue weighted by molar-refractivity contribution is 6.11. The zero-order valence-corrected chi connectivity index (χ0v) is 33.9. The predicted molar refractivity (Wildman–Crippen MR) is 288 cm³/mol. The maximum absolute atomic E-state index is 10.0. The topological polar surface area (TPSA) is 8.17 Å². The molecule has 0 spiro atoms. The summed E-state index contributed by atoms with van der Waals surface area (Å²) in [5, 5.41) is -1.70. The van der Waals surface area contributed by atoms with Crippen molar-refractivity contribution in [3.63, 3.8) is 0 Å². The molecule has 0 aliphatic rings. The number of para-hydroxylation sites is 2. The molecule has 0 amide bonds. The van der Waals surface area contributed by atoms with Crippen LogP contribution in [0.2, 0.25) is 0 Å². The predicted octanol–water partition coefficient (Wildman–Crippen LogP) is 18.3. The molecular weight excluding hydrogens is 821 g/mol. The van der Waals surface area contributed by atoms with E-state index in [1.165, 1.54) is 0 Å². The van der Waals surface area contributed by atoms with Gasteiger partial charge in [-0.15, -0.1) is 0 Å². The van der Waals surface area contributed by atoms with Crippen LogP contribution in [0.1, 0.15) is 63.1 Å². The zero-order chi connectivity index (χ0) is 85.3. The summed E-state index contributed by atoms with van der Waals surface area (Å²) in [6, 6.07) is -55.0. The lowest BCUT2D eigenvalue weighted by Gasteiger charge is -2.26. The molecule has 0 radical (unpaired) electrons. The third-order valence-corrected chi connectivity index (χ3v) is 9.81. The van der Waals surface area contributed by atoms with E-state index in [1.807, 2.05) is 0 Å². The molecule has 1 aromatic heterocycles. The quantitative estimate of drug-likeness (QED) is 0.133. The van der Waals surface area contributed by atoms with Gasteiger partial charge >= 0.3 is 0 Å². The summed E-state index contributed by atoms with van der Waals surface area (Å²) >= 11 is 0. The Hall–Kier alpha value is -8.98. The van der Waals surface area contributed by atoms with Gasteiger partial charge in [0.2, 0.25) is 0 Å². The summed E-state index contributed by atoms with van der Waals surface area (Å²) in [6.07, 6.45) is 0. The molecule has 12 rings (SSSR count). The van der Waals surface area contributed by atoms with E-state index in [4.69, 9.17) is 32.9 Å². The summed E-state index contributed by atoms with van der Waals surface area (Å²) in [4.78, 5) is 0.112. The van der Waals surface area contributed by atoms with Crippen LogP contribution >= 0.6 is 0 Å². The largest absolute Gasteiger partial charge is 0.311 e. The van der Waals surface area contributed by atoms with Crippen LogP contribution in [-0.2, 0) is 0 Å². The molecule has 0 N–H and O–H groups in total. The first kappa shape index (κ1) is 14.8. The zero-order valence-electron chi connectivity index (χ0n) is 79.9. The van der Waals surface area contributed by atoms with Crippen molar-refractivity contribution in [1.29, 1.82) is 0 Å². The van der Waals surface area contributed by atoms with Crippen LogP contribution in [0.4, 0.5) is 17.1 Å². The third-order valence-electron chi connectivity index (χ3n) is 9.81. The van der Waals surface area contributed by atoms with Crippen LogP contribution in [0.15, 0.2) is 278 Å². The van der Waals surface area contributed by atoms with E-state index in [9.17, 15) is 30.2 Å². The van der Waals surface area contributed by atoms with Gasteiger partial charge in [0, 0.05) is 33.4 Å². The number of hydrogen-bond donors (Lipinski definition) is 0. The standard InChI is InChI=1S/C66H46N2/c1-4-15-47(16-5-1)49-27-29-50(30-28-49)51-31-38-58(39-32-51)67(59-40-33-52(34-41-59)56-22-14-21-55(45-56)48-17-6-2-7-18-48)60-42-35-53(36-43-60)57-37-44-66-63(46-57)62-24-11-13-26-65(62)68(66)64-25-12-10-23-61(64)54-19-8-3-9-20-54/h1-46H/i1D,2D,3D,4D,5D,6D,7D,8D,9D,10D,11D,12D,13D,14D,15D,16D,17D,18D,19D,20D,21D,22D,23D,24D,25D,26D,27D,28D,29D,30D,31D,32D,33D,34D,35D,36D,37D,38D,39D,40D,41D,42D,43D,44D,45D,46D. The highest BCUT2D eigenvalue weighted by Crippen LogP contribution is 2.41. The summed E-state index contributed by atoms with van der Waals surface area (Å²) < 4.78 is 420. The minimum atomic E-state index is -1.54. The van der Waals surface area contributed by atoms with Gasteiger partial charge < -0.3 is 9.47 Å². The number of benzene rings is 11. The van der Waals surface area contributed by atoms with Crippen LogP contribution < -0.4 is 4.90 Å². The number of hydrogen-bond acceptors (Lipinski definition) is 1. The molecule has 2 nitrogen and oxygen atoms in total. The molecule has 0 fully saturated rings. The maximum Gasteiger partial charge on any atom is 0.0645 e. The molecule has 0 aliphatic carbocycles. The van der Waals surface area contributed by atoms with Gasteiger partial charge in [-0.05, 0) is 128 Å². The molecule has 0 saturated heterocycles. The van der Waals surface area contributed by atoms with E-state index >= 15 is 0 Å². The molecule has 68 heavy (non-hydrogen) atoms. The average Bonchev–Trinajstić information content (AvgIpc) is 1.48. The average molecular weight is 913 g/mol. The van der Waals surface area contributed by atoms with Gasteiger partial charge in [-0.2, -0.15) is 0 Å². The molecule has 320 valence electrons. The van der Waals surface area contributed by atoms with E-state index in [2.05, 4.69) is 0 Å². The summed E-state index contributed by atoms with van der Waals surface area (Å²) in [5.41, 5.74) is -19.2. The normalized spacial score (nSPS) is 20.7. The second-order valence-corrected chi connectivity index (χ2v) is 13.8. The van der Waals surface area contributed by atoms with Gasteiger partial charge in [-0.1, -0.05) is 211 Å². The van der Waals surface area contributed by atoms with Crippen LogP contribution in [0.25, 0.3) is 94.3 Å². The van der Waals surface area contributed by atoms with Crippen LogP contribution in [0, 0.1) is 0 Å². The SMILES string of the molecule is [2H]c1c([2H])c([2H])c(-c2c([2H])c([2H])c(-c3c([2H])c([2H])c(N(c4c([2H])c([2H])c(-c5c([2H])c([2H])c([2H])c(-c6c([2H])c([2H])c([2H])c([2H])c6[2H])c5[2H])c([2H])c4[2H])c4c([2H])c([2H])c(-c5c([2H])c([2H])c6c(c5[2H])c5c([2H])c([2H])c([2H])c([2H])c5n6-c5c([2H])c([2H])c([2H])c([2H])c5-c5c([2H])c([2H])c([2H])c([2H])c5[2H])c([2H])c4[2H])c([2H])c3[2H])c([2H])c2[2H])c([2H])c1[2H]. The lowest BCUT2D eigenvalue weighted by atomic mass is 9.98. The van der Waals surface area contributed by atoms with Gasteiger partial charge in [-0.3, -0.25) is 0 Å². The molecule has 11 aromatic carbocycles. The molecular formula is C66H46N2. The fourth-order valence-corrected chi connectivity index (χ4v) is 6.76. The lowest BCUT2D eigenvalue weighted by molar-refractivity contribution is 1.18. The van der Waals surface area contributed by atoms with E-state index in [0.717, 1.165) is 0 Å². The number of fused-ring (bicyclic) bond motifs is 3. The molecule has 0 saturated carbocycles. The monoisotopic (exact) mass is 913 g/mol. The fraction of sp³-hybridized carbons (Fsp3) is 0. The minimum Gasteiger partial charge on any atom is -0.311 e. The molecule has 0 unspecified atom stereocenters. The Morgan fingerprint density at radius 1 is 0.250 bits per heavy atom. The Morgan fingerprint density at radius 2 is 0.603 bits per heavy atom. The van der Waals surface area contributed by atoms with Crippen molar-refractivity contribution in [2.45, 2.75) is 0 Å². The van der Waals surface area contributed by atoms with Crippen molar-refractivity contribution in [2.75, 3.05) is 4.90 Å². The Morgan fingerprint density at radius 3 is 1.15 bits per heavy atom. The van der Waals surface area contributed by atoms with Gasteiger partial charge in [0.25, 0.3) is 0 Å². The van der Waals surface area contributed by atoms with Crippen LogP contribution in [-0.4, -0.2) is 4.57 Å². The van der Waals surface area contributed by atoms with Crippen molar-refractivity contribution in [2.24, 2.45) is 0 Å². The molecule has 0 aliphatic heterocycles. The Bertz CT molecular complexity index is 6290. The first-order valence-corrected chi connectivity index (χ1v) is 19.6. The molecule has 0 bridgehead atoms. The van der Waals surface area contributed by atoms with E-state index < -0.39 is 389 Å². The van der Waals surface area contributed by atoms with Crippen molar-refractivity contribution >= 4 is 38.9 Å². The molecule has 0 atom stereocenters. The third kappa shape index (κ3) is 7.74. The fourth-order valence-electron chi connectivity index (χ4n) is 6.76. The number of rotatable bonds is 10. The molecule has 1 heterocycles. The summed E-state index contributed by atoms with van der Waals surface area (Å²) in [6.45, 7) is 0. The number of nitrogens with zero attached hydrogens (tertiary/aromatic N) is 2. The minimum absolute atomic E-state index is 0.112. The van der Waals surface area contributed by atoms with Gasteiger partial charge in [-0.25, -0.2) is 0 Å². The van der Waals surface area contributed by atoms with Crippen LogP contribution in [0.3, 0.4) is 0 Å². The van der Waals surface area contributed by atoms with Crippen molar-refractivity contribution in [1.82, 2.24) is 4.57 Å². The van der Waals surface area contributed by atoms with E-state index in [0.29, 0.717) is 4.57 Å². The van der Waals surface area contributed by atoms with Crippen molar-refractivity contribution < 1.29 is 63.1 Å². The summed E-state index contributed by atoms with van der Waals surface area (Å²) in [7, 11) is 0. The van der Waals surface area contributed by atoms with E-state index in [1.54, 1.807) is 0 Å². The Balaban J connectivity index is 1.21. The Labute approximate surface area is 462 Å². The van der Waals surface area contributed by atoms with Gasteiger partial charge in [0.05, 0.1) is 79.8 Å². The highest BCUT2D eigenvalue weighted by Gasteiger charge is 2.18. The van der Waals surface area contributed by atoms with Crippen molar-refractivity contribution in [3.05, 3.63) is 278 Å². The molecule has 2 heteroatoms. The first-order valence-electron chi connectivity index (χ1n) is 42.6. The van der Waals surface area contributed by atoms with E-state index in [-0.39, 0.29) is 4.90 Å². The number of aromatic nitrogens is 1. The smallest absolute Gasteiger partial charge is 0.0645 e. The van der Waals surface area contributed by atoms with Crippen LogP contribution in [0.5, 0.6) is 0 Å². The van der Waals surface area contributed by atoms with Gasteiger partial charge in [0.1, 0.15) is 0 Å². The number of anilines is 3. The molecule has 12 aromatic rings. The first-order chi connectivity index (χ1) is 52.9. The maximum atomic E-state index is 10.0. The second kappa shape index (κ2) is 17.8. The lowest BCUT2D eigenvalue weighted by Crippen LogP contribution is -2.09. The summed E-state index contributed by atoms with van der Waals surface area (Å²) in [5.74, 6) is 0. The second-order valence-electron chi connectivity index (χ2n) is 13.8. The van der Waals surface area contributed by atoms with Gasteiger partial charge in [0.15, 0.2) is 0 Å².